The number of benzene rings is 1. The van der Waals surface area contributed by atoms with Gasteiger partial charge in [0, 0.05) is 36.7 Å². The summed E-state index contributed by atoms with van der Waals surface area (Å²) in [5.74, 6) is 1.57. The summed E-state index contributed by atoms with van der Waals surface area (Å²) in [5, 5.41) is 9.22. The Balaban J connectivity index is 1.34. The third-order valence-electron chi connectivity index (χ3n) is 5.12. The van der Waals surface area contributed by atoms with Crippen molar-refractivity contribution >= 4 is 28.6 Å². The number of carbonyl (C=O) groups excluding carboxylic acids is 1. The van der Waals surface area contributed by atoms with E-state index in [0.717, 1.165) is 30.9 Å². The maximum atomic E-state index is 12.5. The van der Waals surface area contributed by atoms with Crippen molar-refractivity contribution < 1.29 is 9.32 Å². The van der Waals surface area contributed by atoms with E-state index in [1.54, 1.807) is 0 Å². The van der Waals surface area contributed by atoms with E-state index in [-0.39, 0.29) is 11.8 Å². The predicted octanol–water partition coefficient (Wildman–Crippen LogP) is 4.78. The lowest BCUT2D eigenvalue weighted by Crippen LogP contribution is -2.30. The van der Waals surface area contributed by atoms with Gasteiger partial charge in [-0.3, -0.25) is 4.79 Å². The van der Waals surface area contributed by atoms with Crippen LogP contribution in [-0.2, 0) is 24.2 Å². The van der Waals surface area contributed by atoms with Crippen molar-refractivity contribution in [3.05, 3.63) is 57.9 Å². The molecular weight excluding hydrogens is 384 g/mol. The highest BCUT2D eigenvalue weighted by atomic mass is 32.1. The third-order valence-corrected chi connectivity index (χ3v) is 6.14. The lowest BCUT2D eigenvalue weighted by atomic mass is 10.1. The molecule has 0 saturated heterocycles. The second-order valence-corrected chi connectivity index (χ2v) is 8.66. The fourth-order valence-electron chi connectivity index (χ4n) is 3.53. The first-order chi connectivity index (χ1) is 14.1. The predicted molar refractivity (Wildman–Crippen MR) is 115 cm³/mol. The SMILES string of the molecule is CC(C)c1noc(CCCC(=O)Nc2ccccc2N2CCc3sccc3C2)n1. The topological polar surface area (TPSA) is 71.3 Å². The summed E-state index contributed by atoms with van der Waals surface area (Å²) in [6, 6.07) is 10.2. The molecule has 4 rings (SSSR count). The number of nitrogens with one attached hydrogen (secondary N) is 1. The highest BCUT2D eigenvalue weighted by molar-refractivity contribution is 7.10. The minimum absolute atomic E-state index is 0.00859. The summed E-state index contributed by atoms with van der Waals surface area (Å²) in [7, 11) is 0. The molecule has 3 heterocycles. The summed E-state index contributed by atoms with van der Waals surface area (Å²) in [5.41, 5.74) is 3.34. The zero-order chi connectivity index (χ0) is 20.2. The molecule has 0 fully saturated rings. The molecule has 1 aliphatic heterocycles. The average molecular weight is 411 g/mol. The Hall–Kier alpha value is -2.67. The molecule has 0 bridgehead atoms. The van der Waals surface area contributed by atoms with E-state index in [4.69, 9.17) is 4.52 Å². The fraction of sp³-hybridized carbons (Fsp3) is 0.409. The average Bonchev–Trinajstić information content (AvgIpc) is 3.37. The standard InChI is InChI=1S/C22H26N4O2S/c1-15(2)22-24-21(28-25-22)9-5-8-20(27)23-17-6-3-4-7-18(17)26-12-10-19-16(14-26)11-13-29-19/h3-4,6-7,11,13,15H,5,8-10,12,14H2,1-2H3,(H,23,27). The van der Waals surface area contributed by atoms with Crippen LogP contribution in [0.15, 0.2) is 40.2 Å². The Morgan fingerprint density at radius 3 is 3.00 bits per heavy atom. The summed E-state index contributed by atoms with van der Waals surface area (Å²) >= 11 is 1.83. The zero-order valence-corrected chi connectivity index (χ0v) is 17.7. The third kappa shape index (κ3) is 4.67. The number of para-hydroxylation sites is 2. The number of fused-ring (bicyclic) bond motifs is 1. The minimum atomic E-state index is 0.00859. The lowest BCUT2D eigenvalue weighted by Gasteiger charge is -2.30. The molecule has 1 amide bonds. The number of amides is 1. The lowest BCUT2D eigenvalue weighted by molar-refractivity contribution is -0.116. The number of aryl methyl sites for hydroxylation is 1. The molecule has 29 heavy (non-hydrogen) atoms. The summed E-state index contributed by atoms with van der Waals surface area (Å²) < 4.78 is 5.25. The van der Waals surface area contributed by atoms with Crippen LogP contribution < -0.4 is 10.2 Å². The maximum Gasteiger partial charge on any atom is 0.226 e. The van der Waals surface area contributed by atoms with Gasteiger partial charge < -0.3 is 14.7 Å². The molecule has 1 aliphatic rings. The second kappa shape index (κ2) is 8.78. The number of hydrogen-bond donors (Lipinski definition) is 1. The Morgan fingerprint density at radius 2 is 2.17 bits per heavy atom. The number of carbonyl (C=O) groups is 1. The summed E-state index contributed by atoms with van der Waals surface area (Å²) in [6.45, 7) is 5.92. The van der Waals surface area contributed by atoms with Gasteiger partial charge in [-0.15, -0.1) is 11.3 Å². The first-order valence-corrected chi connectivity index (χ1v) is 11.0. The van der Waals surface area contributed by atoms with Crippen molar-refractivity contribution in [1.82, 2.24) is 10.1 Å². The van der Waals surface area contributed by atoms with E-state index in [0.29, 0.717) is 31.0 Å². The normalized spacial score (nSPS) is 13.6. The maximum absolute atomic E-state index is 12.5. The quantitative estimate of drug-likeness (QED) is 0.607. The molecule has 0 atom stereocenters. The fourth-order valence-corrected chi connectivity index (χ4v) is 4.42. The second-order valence-electron chi connectivity index (χ2n) is 7.66. The van der Waals surface area contributed by atoms with Crippen LogP contribution in [0.3, 0.4) is 0 Å². The number of rotatable bonds is 7. The Labute approximate surface area is 174 Å². The zero-order valence-electron chi connectivity index (χ0n) is 16.9. The van der Waals surface area contributed by atoms with E-state index in [1.807, 2.05) is 43.4 Å². The van der Waals surface area contributed by atoms with Crippen LogP contribution in [0.5, 0.6) is 0 Å². The molecular formula is C22H26N4O2S. The van der Waals surface area contributed by atoms with Gasteiger partial charge in [0.15, 0.2) is 5.82 Å². The first-order valence-electron chi connectivity index (χ1n) is 10.1. The van der Waals surface area contributed by atoms with Crippen molar-refractivity contribution in [2.24, 2.45) is 0 Å². The number of anilines is 2. The van der Waals surface area contributed by atoms with Crippen LogP contribution in [0.2, 0.25) is 0 Å². The first kappa shape index (κ1) is 19.6. The van der Waals surface area contributed by atoms with Gasteiger partial charge in [-0.1, -0.05) is 31.1 Å². The van der Waals surface area contributed by atoms with Crippen LogP contribution in [0.4, 0.5) is 11.4 Å². The Bertz CT molecular complexity index is 979. The molecule has 1 aromatic carbocycles. The van der Waals surface area contributed by atoms with Gasteiger partial charge in [0.25, 0.3) is 0 Å². The van der Waals surface area contributed by atoms with Crippen molar-refractivity contribution in [3.63, 3.8) is 0 Å². The molecule has 0 unspecified atom stereocenters. The number of hydrogen-bond acceptors (Lipinski definition) is 6. The van der Waals surface area contributed by atoms with Gasteiger partial charge in [0.05, 0.1) is 11.4 Å². The molecule has 7 heteroatoms. The van der Waals surface area contributed by atoms with Crippen LogP contribution in [0.25, 0.3) is 0 Å². The van der Waals surface area contributed by atoms with E-state index in [2.05, 4.69) is 37.9 Å². The van der Waals surface area contributed by atoms with Gasteiger partial charge in [0.1, 0.15) is 0 Å². The van der Waals surface area contributed by atoms with Gasteiger partial charge >= 0.3 is 0 Å². The molecule has 0 spiro atoms. The Morgan fingerprint density at radius 1 is 1.31 bits per heavy atom. The number of thiophene rings is 1. The summed E-state index contributed by atoms with van der Waals surface area (Å²) in [4.78, 5) is 20.7. The molecule has 0 radical (unpaired) electrons. The van der Waals surface area contributed by atoms with Crippen molar-refractivity contribution in [3.8, 4) is 0 Å². The molecule has 1 N–H and O–H groups in total. The van der Waals surface area contributed by atoms with Gasteiger partial charge in [-0.05, 0) is 42.0 Å². The Kier molecular flexibility index (Phi) is 5.94. The largest absolute Gasteiger partial charge is 0.365 e. The van der Waals surface area contributed by atoms with Gasteiger partial charge in [0.2, 0.25) is 11.8 Å². The van der Waals surface area contributed by atoms with Crippen LogP contribution in [0.1, 0.15) is 54.8 Å². The van der Waals surface area contributed by atoms with E-state index in [1.165, 1.54) is 10.4 Å². The van der Waals surface area contributed by atoms with Crippen LogP contribution in [0, 0.1) is 0 Å². The van der Waals surface area contributed by atoms with Crippen molar-refractivity contribution in [2.45, 2.75) is 52.0 Å². The van der Waals surface area contributed by atoms with Gasteiger partial charge in [-0.2, -0.15) is 4.98 Å². The molecule has 0 saturated carbocycles. The monoisotopic (exact) mass is 410 g/mol. The van der Waals surface area contributed by atoms with E-state index in [9.17, 15) is 4.79 Å². The van der Waals surface area contributed by atoms with Crippen molar-refractivity contribution in [2.75, 3.05) is 16.8 Å². The minimum Gasteiger partial charge on any atom is -0.365 e. The smallest absolute Gasteiger partial charge is 0.226 e. The molecule has 0 aliphatic carbocycles. The van der Waals surface area contributed by atoms with Crippen LogP contribution >= 0.6 is 11.3 Å². The number of aromatic nitrogens is 2. The van der Waals surface area contributed by atoms with E-state index >= 15 is 0 Å². The molecule has 152 valence electrons. The van der Waals surface area contributed by atoms with Crippen LogP contribution in [-0.4, -0.2) is 22.6 Å². The van der Waals surface area contributed by atoms with Crippen molar-refractivity contribution in [1.29, 1.82) is 0 Å². The summed E-state index contributed by atoms with van der Waals surface area (Å²) in [6.07, 6.45) is 2.76. The molecule has 3 aromatic rings. The highest BCUT2D eigenvalue weighted by Gasteiger charge is 2.20. The number of nitrogens with zero attached hydrogens (tertiary/aromatic N) is 3. The molecule has 2 aromatic heterocycles. The highest BCUT2D eigenvalue weighted by Crippen LogP contribution is 2.32. The molecule has 6 nitrogen and oxygen atoms in total. The van der Waals surface area contributed by atoms with Gasteiger partial charge in [-0.25, -0.2) is 0 Å². The van der Waals surface area contributed by atoms with E-state index < -0.39 is 0 Å².